The van der Waals surface area contributed by atoms with E-state index < -0.39 is 23.7 Å². The van der Waals surface area contributed by atoms with Gasteiger partial charge in [-0.3, -0.25) is 0 Å². The predicted octanol–water partition coefficient (Wildman–Crippen LogP) is 3.61. The largest absolute Gasteiger partial charge is 0.479 e. The average Bonchev–Trinajstić information content (AvgIpc) is 2.55. The number of amides is 1. The zero-order valence-corrected chi connectivity index (χ0v) is 17.0. The fourth-order valence-corrected chi connectivity index (χ4v) is 3.46. The van der Waals surface area contributed by atoms with E-state index in [2.05, 4.69) is 24.2 Å². The molecule has 6 nitrogen and oxygen atoms in total. The molecule has 1 saturated heterocycles. The Hall–Kier alpha value is -2.08. The summed E-state index contributed by atoms with van der Waals surface area (Å²) >= 11 is 0. The summed E-state index contributed by atoms with van der Waals surface area (Å²) in [7, 11) is 2.17. The smallest absolute Gasteiger partial charge is 0.408 e. The van der Waals surface area contributed by atoms with E-state index in [-0.39, 0.29) is 0 Å². The molecule has 0 saturated carbocycles. The highest BCUT2D eigenvalue weighted by atomic mass is 16.6. The molecule has 3 atom stereocenters. The summed E-state index contributed by atoms with van der Waals surface area (Å²) in [5.74, 6) is -0.463. The maximum absolute atomic E-state index is 11.9. The first-order valence-corrected chi connectivity index (χ1v) is 9.56. The molecule has 1 amide bonds. The second kappa shape index (κ2) is 8.74. The Labute approximate surface area is 161 Å². The summed E-state index contributed by atoms with van der Waals surface area (Å²) in [5.41, 5.74) is 1.05. The molecule has 1 fully saturated rings. The zero-order chi connectivity index (χ0) is 20.2. The van der Waals surface area contributed by atoms with Gasteiger partial charge in [0.25, 0.3) is 0 Å². The first kappa shape index (κ1) is 21.2. The lowest BCUT2D eigenvalue weighted by Gasteiger charge is -2.35. The van der Waals surface area contributed by atoms with Gasteiger partial charge in [0.2, 0.25) is 0 Å². The Morgan fingerprint density at radius 1 is 1.30 bits per heavy atom. The molecule has 1 aliphatic heterocycles. The Bertz CT molecular complexity index is 651. The highest BCUT2D eigenvalue weighted by Gasteiger charge is 2.26. The van der Waals surface area contributed by atoms with Crippen molar-refractivity contribution in [3.05, 3.63) is 35.4 Å². The van der Waals surface area contributed by atoms with Crippen LogP contribution in [0.2, 0.25) is 0 Å². The number of piperidine rings is 1. The Balaban J connectivity index is 2.00. The minimum absolute atomic E-state index is 0.536. The van der Waals surface area contributed by atoms with E-state index in [9.17, 15) is 14.7 Å². The molecule has 1 aliphatic rings. The predicted molar refractivity (Wildman–Crippen MR) is 105 cm³/mol. The van der Waals surface area contributed by atoms with Gasteiger partial charge in [0.1, 0.15) is 5.60 Å². The maximum Gasteiger partial charge on any atom is 0.408 e. The monoisotopic (exact) mass is 376 g/mol. The number of aliphatic carboxylic acids is 1. The number of hydrogen-bond acceptors (Lipinski definition) is 4. The summed E-state index contributed by atoms with van der Waals surface area (Å²) < 4.78 is 5.17. The molecule has 0 radical (unpaired) electrons. The molecule has 0 aliphatic carbocycles. The molecular weight excluding hydrogens is 344 g/mol. The van der Waals surface area contributed by atoms with E-state index >= 15 is 0 Å². The molecule has 1 aromatic carbocycles. The number of ether oxygens (including phenoxy) is 1. The van der Waals surface area contributed by atoms with Gasteiger partial charge in [-0.1, -0.05) is 24.3 Å². The van der Waals surface area contributed by atoms with Gasteiger partial charge in [-0.25, -0.2) is 9.59 Å². The SMILES string of the molecule is CC1CC(Cc2ccc(C(NC(=O)OC(C)(C)C)C(=O)O)cc2)CCN1C. The van der Waals surface area contributed by atoms with Gasteiger partial charge in [0.15, 0.2) is 6.04 Å². The van der Waals surface area contributed by atoms with Crippen LogP contribution >= 0.6 is 0 Å². The van der Waals surface area contributed by atoms with Crippen molar-refractivity contribution >= 4 is 12.1 Å². The quantitative estimate of drug-likeness (QED) is 0.821. The van der Waals surface area contributed by atoms with Crippen LogP contribution in [0.4, 0.5) is 4.79 Å². The molecule has 2 N–H and O–H groups in total. The van der Waals surface area contributed by atoms with Crippen molar-refractivity contribution in [3.63, 3.8) is 0 Å². The Kier molecular flexibility index (Phi) is 6.87. The molecule has 0 aromatic heterocycles. The van der Waals surface area contributed by atoms with Crippen molar-refractivity contribution in [2.45, 2.75) is 64.6 Å². The van der Waals surface area contributed by atoms with Crippen molar-refractivity contribution in [2.24, 2.45) is 5.92 Å². The number of nitrogens with one attached hydrogen (secondary N) is 1. The van der Waals surface area contributed by atoms with Gasteiger partial charge in [0.05, 0.1) is 0 Å². The highest BCUT2D eigenvalue weighted by Crippen LogP contribution is 2.25. The summed E-state index contributed by atoms with van der Waals surface area (Å²) in [4.78, 5) is 25.9. The van der Waals surface area contributed by atoms with E-state index in [1.165, 1.54) is 18.4 Å². The lowest BCUT2D eigenvalue weighted by atomic mass is 9.86. The van der Waals surface area contributed by atoms with E-state index in [1.54, 1.807) is 32.9 Å². The van der Waals surface area contributed by atoms with E-state index in [1.807, 2.05) is 12.1 Å². The van der Waals surface area contributed by atoms with Crippen molar-refractivity contribution in [3.8, 4) is 0 Å². The lowest BCUT2D eigenvalue weighted by Crippen LogP contribution is -2.38. The molecule has 2 rings (SSSR count). The minimum atomic E-state index is -1.13. The van der Waals surface area contributed by atoms with Crippen LogP contribution in [-0.4, -0.2) is 47.3 Å². The van der Waals surface area contributed by atoms with Crippen molar-refractivity contribution < 1.29 is 19.4 Å². The fraction of sp³-hybridized carbons (Fsp3) is 0.619. The number of alkyl carbamates (subject to hydrolysis) is 1. The lowest BCUT2D eigenvalue weighted by molar-refractivity contribution is -0.139. The number of carbonyl (C=O) groups excluding carboxylic acids is 1. The standard InChI is InChI=1S/C21H32N2O4/c1-14-12-16(10-11-23(14)5)13-15-6-8-17(9-7-15)18(19(24)25)22-20(26)27-21(2,3)4/h6-9,14,16,18H,10-13H2,1-5H3,(H,22,26)(H,24,25). The summed E-state index contributed by atoms with van der Waals surface area (Å²) in [6, 6.07) is 6.96. The van der Waals surface area contributed by atoms with Crippen molar-refractivity contribution in [2.75, 3.05) is 13.6 Å². The Morgan fingerprint density at radius 3 is 2.44 bits per heavy atom. The van der Waals surface area contributed by atoms with Crippen molar-refractivity contribution in [1.82, 2.24) is 10.2 Å². The molecule has 0 bridgehead atoms. The summed E-state index contributed by atoms with van der Waals surface area (Å²) in [6.45, 7) is 8.59. The van der Waals surface area contributed by atoms with Crippen LogP contribution < -0.4 is 5.32 Å². The zero-order valence-electron chi connectivity index (χ0n) is 17.0. The van der Waals surface area contributed by atoms with Crippen LogP contribution in [-0.2, 0) is 16.0 Å². The maximum atomic E-state index is 11.9. The molecule has 27 heavy (non-hydrogen) atoms. The van der Waals surface area contributed by atoms with Gasteiger partial charge in [0, 0.05) is 6.04 Å². The Morgan fingerprint density at radius 2 is 1.93 bits per heavy atom. The number of rotatable bonds is 5. The van der Waals surface area contributed by atoms with Gasteiger partial charge < -0.3 is 20.1 Å². The summed E-state index contributed by atoms with van der Waals surface area (Å²) in [6.07, 6.45) is 2.62. The second-order valence-electron chi connectivity index (χ2n) is 8.58. The average molecular weight is 376 g/mol. The molecule has 0 spiro atoms. The molecule has 1 aromatic rings. The van der Waals surface area contributed by atoms with E-state index in [0.29, 0.717) is 17.5 Å². The molecule has 6 heteroatoms. The molecule has 1 heterocycles. The van der Waals surface area contributed by atoms with Gasteiger partial charge in [-0.05, 0) is 77.6 Å². The fourth-order valence-electron chi connectivity index (χ4n) is 3.46. The normalized spacial score (nSPS) is 22.1. The first-order valence-electron chi connectivity index (χ1n) is 9.56. The molecular formula is C21H32N2O4. The summed E-state index contributed by atoms with van der Waals surface area (Å²) in [5, 5.41) is 11.9. The molecule has 150 valence electrons. The topological polar surface area (TPSA) is 78.9 Å². The van der Waals surface area contributed by atoms with Crippen LogP contribution in [0.5, 0.6) is 0 Å². The number of carbonyl (C=O) groups is 2. The van der Waals surface area contributed by atoms with Crippen LogP contribution in [0.3, 0.4) is 0 Å². The molecule has 3 unspecified atom stereocenters. The van der Waals surface area contributed by atoms with Crippen LogP contribution in [0, 0.1) is 5.92 Å². The highest BCUT2D eigenvalue weighted by molar-refractivity contribution is 5.81. The van der Waals surface area contributed by atoms with Crippen LogP contribution in [0.25, 0.3) is 0 Å². The van der Waals surface area contributed by atoms with E-state index in [4.69, 9.17) is 4.74 Å². The number of hydrogen-bond donors (Lipinski definition) is 2. The number of carboxylic acid groups (broad SMARTS) is 1. The van der Waals surface area contributed by atoms with Crippen LogP contribution in [0.15, 0.2) is 24.3 Å². The number of nitrogens with zero attached hydrogens (tertiary/aromatic N) is 1. The van der Waals surface area contributed by atoms with Gasteiger partial charge in [-0.2, -0.15) is 0 Å². The number of likely N-dealkylation sites (tertiary alicyclic amines) is 1. The first-order chi connectivity index (χ1) is 12.5. The third-order valence-electron chi connectivity index (χ3n) is 5.06. The third kappa shape index (κ3) is 6.54. The number of benzene rings is 1. The third-order valence-corrected chi connectivity index (χ3v) is 5.06. The van der Waals surface area contributed by atoms with Crippen molar-refractivity contribution in [1.29, 1.82) is 0 Å². The van der Waals surface area contributed by atoms with Crippen LogP contribution in [0.1, 0.15) is 57.7 Å². The van der Waals surface area contributed by atoms with E-state index in [0.717, 1.165) is 13.0 Å². The number of carboxylic acids is 1. The van der Waals surface area contributed by atoms with Gasteiger partial charge >= 0.3 is 12.1 Å². The van der Waals surface area contributed by atoms with Gasteiger partial charge in [-0.15, -0.1) is 0 Å². The minimum Gasteiger partial charge on any atom is -0.479 e. The second-order valence-corrected chi connectivity index (χ2v) is 8.58.